The zero-order valence-electron chi connectivity index (χ0n) is 10.3. The molecule has 16 heavy (non-hydrogen) atoms. The Kier molecular flexibility index (Phi) is 4.85. The monoisotopic (exact) mass is 341 g/mol. The van der Waals surface area contributed by atoms with Crippen LogP contribution in [0.2, 0.25) is 0 Å². The lowest BCUT2D eigenvalue weighted by molar-refractivity contribution is 0.0252. The quantitative estimate of drug-likeness (QED) is 0.572. The predicted molar refractivity (Wildman–Crippen MR) is 71.0 cm³/mol. The normalized spacial score (nSPS) is 25.9. The first-order valence-electron chi connectivity index (χ1n) is 5.44. The van der Waals surface area contributed by atoms with Crippen molar-refractivity contribution in [1.29, 1.82) is 0 Å². The number of alkyl halides is 1. The van der Waals surface area contributed by atoms with Crippen molar-refractivity contribution in [2.75, 3.05) is 24.6 Å². The van der Waals surface area contributed by atoms with E-state index in [0.717, 1.165) is 11.0 Å². The van der Waals surface area contributed by atoms with Crippen LogP contribution in [0.15, 0.2) is 0 Å². The summed E-state index contributed by atoms with van der Waals surface area (Å²) in [6.45, 7) is 7.01. The number of rotatable bonds is 2. The summed E-state index contributed by atoms with van der Waals surface area (Å²) < 4.78 is 11.7. The number of nitrogens with zero attached hydrogens (tertiary/aromatic N) is 1. The van der Waals surface area contributed by atoms with Gasteiger partial charge in [-0.2, -0.15) is 0 Å². The molecule has 0 spiro atoms. The van der Waals surface area contributed by atoms with E-state index in [9.17, 15) is 4.79 Å². The van der Waals surface area contributed by atoms with Crippen LogP contribution in [0.3, 0.4) is 0 Å². The molecule has 0 aliphatic carbocycles. The zero-order chi connectivity index (χ0) is 12.3. The third-order valence-electron chi connectivity index (χ3n) is 2.53. The van der Waals surface area contributed by atoms with E-state index < -0.39 is 5.60 Å². The molecule has 2 atom stereocenters. The molecular formula is C11H20INO3. The van der Waals surface area contributed by atoms with Gasteiger partial charge in [0.25, 0.3) is 0 Å². The Balaban J connectivity index is 2.54. The maximum Gasteiger partial charge on any atom is 0.410 e. The van der Waals surface area contributed by atoms with Gasteiger partial charge in [0.2, 0.25) is 0 Å². The van der Waals surface area contributed by atoms with Gasteiger partial charge in [-0.15, -0.1) is 0 Å². The average Bonchev–Trinajstić information content (AvgIpc) is 2.57. The van der Waals surface area contributed by atoms with Crippen LogP contribution in [0.25, 0.3) is 0 Å². The van der Waals surface area contributed by atoms with E-state index in [0.29, 0.717) is 12.5 Å². The van der Waals surface area contributed by atoms with Gasteiger partial charge >= 0.3 is 6.09 Å². The Morgan fingerprint density at radius 2 is 2.06 bits per heavy atom. The number of methoxy groups -OCH3 is 1. The smallest absolute Gasteiger partial charge is 0.410 e. The molecule has 1 fully saturated rings. The fraction of sp³-hybridized carbons (Fsp3) is 0.909. The largest absolute Gasteiger partial charge is 0.444 e. The molecule has 5 heteroatoms. The first kappa shape index (κ1) is 14.0. The Bertz CT molecular complexity index is 240. The molecule has 0 bridgehead atoms. The minimum absolute atomic E-state index is 0.143. The number of carbonyl (C=O) groups is 1. The lowest BCUT2D eigenvalue weighted by atomic mass is 10.1. The van der Waals surface area contributed by atoms with Crippen molar-refractivity contribution in [3.8, 4) is 0 Å². The average molecular weight is 341 g/mol. The molecule has 1 saturated heterocycles. The lowest BCUT2D eigenvalue weighted by Crippen LogP contribution is -2.36. The van der Waals surface area contributed by atoms with Crippen molar-refractivity contribution in [2.45, 2.75) is 32.5 Å². The van der Waals surface area contributed by atoms with Crippen molar-refractivity contribution < 1.29 is 14.3 Å². The SMILES string of the molecule is COC1CN(C(=O)OC(C)(C)C)CC1CI. The first-order valence-corrected chi connectivity index (χ1v) is 6.96. The van der Waals surface area contributed by atoms with E-state index in [-0.39, 0.29) is 12.2 Å². The van der Waals surface area contributed by atoms with Crippen LogP contribution in [-0.2, 0) is 9.47 Å². The first-order chi connectivity index (χ1) is 7.37. The fourth-order valence-electron chi connectivity index (χ4n) is 1.73. The van der Waals surface area contributed by atoms with Gasteiger partial charge in [-0.3, -0.25) is 0 Å². The summed E-state index contributed by atoms with van der Waals surface area (Å²) in [6, 6.07) is 0. The fourth-order valence-corrected chi connectivity index (χ4v) is 2.58. The topological polar surface area (TPSA) is 38.8 Å². The molecule has 0 aromatic carbocycles. The van der Waals surface area contributed by atoms with Gasteiger partial charge in [0.15, 0.2) is 0 Å². The van der Waals surface area contributed by atoms with E-state index in [1.54, 1.807) is 12.0 Å². The van der Waals surface area contributed by atoms with Crippen LogP contribution in [0, 0.1) is 5.92 Å². The standard InChI is InChI=1S/C11H20INO3/c1-11(2,3)16-10(14)13-6-8(5-12)9(7-13)15-4/h8-9H,5-7H2,1-4H3. The highest BCUT2D eigenvalue weighted by atomic mass is 127. The maximum absolute atomic E-state index is 11.8. The van der Waals surface area contributed by atoms with Crippen LogP contribution in [-0.4, -0.2) is 47.3 Å². The van der Waals surface area contributed by atoms with Gasteiger partial charge < -0.3 is 14.4 Å². The Morgan fingerprint density at radius 1 is 1.44 bits per heavy atom. The van der Waals surface area contributed by atoms with Gasteiger partial charge in [0.05, 0.1) is 12.6 Å². The van der Waals surface area contributed by atoms with Crippen LogP contribution >= 0.6 is 22.6 Å². The summed E-state index contributed by atoms with van der Waals surface area (Å²) in [5, 5.41) is 0. The number of amides is 1. The summed E-state index contributed by atoms with van der Waals surface area (Å²) in [4.78, 5) is 13.6. The number of hydrogen-bond acceptors (Lipinski definition) is 3. The molecular weight excluding hydrogens is 321 g/mol. The highest BCUT2D eigenvalue weighted by molar-refractivity contribution is 14.1. The molecule has 0 N–H and O–H groups in total. The van der Waals surface area contributed by atoms with Crippen LogP contribution in [0.5, 0.6) is 0 Å². The predicted octanol–water partition coefficient (Wildman–Crippen LogP) is 2.30. The van der Waals surface area contributed by atoms with Gasteiger partial charge in [0, 0.05) is 24.0 Å². The molecule has 1 amide bonds. The summed E-state index contributed by atoms with van der Waals surface area (Å²) in [5.41, 5.74) is -0.429. The molecule has 4 nitrogen and oxygen atoms in total. The number of hydrogen-bond donors (Lipinski definition) is 0. The second-order valence-electron chi connectivity index (χ2n) is 5.07. The molecule has 0 aromatic heterocycles. The summed E-state index contributed by atoms with van der Waals surface area (Å²) >= 11 is 2.33. The van der Waals surface area contributed by atoms with E-state index >= 15 is 0 Å². The molecule has 0 aromatic rings. The molecule has 0 saturated carbocycles. The second kappa shape index (κ2) is 5.53. The molecule has 1 aliphatic rings. The van der Waals surface area contributed by atoms with Gasteiger partial charge in [0.1, 0.15) is 5.60 Å². The number of halogens is 1. The molecule has 2 unspecified atom stereocenters. The van der Waals surface area contributed by atoms with Crippen LogP contribution in [0.1, 0.15) is 20.8 Å². The highest BCUT2D eigenvalue weighted by Crippen LogP contribution is 2.23. The lowest BCUT2D eigenvalue weighted by Gasteiger charge is -2.24. The maximum atomic E-state index is 11.8. The molecule has 0 radical (unpaired) electrons. The molecule has 1 rings (SSSR count). The summed E-state index contributed by atoms with van der Waals surface area (Å²) in [7, 11) is 1.70. The van der Waals surface area contributed by atoms with Crippen molar-refractivity contribution in [2.24, 2.45) is 5.92 Å². The van der Waals surface area contributed by atoms with Crippen molar-refractivity contribution >= 4 is 28.7 Å². The minimum Gasteiger partial charge on any atom is -0.444 e. The summed E-state index contributed by atoms with van der Waals surface area (Å²) in [6.07, 6.45) is -0.0914. The third-order valence-corrected chi connectivity index (χ3v) is 3.66. The third kappa shape index (κ3) is 3.76. The molecule has 1 heterocycles. The van der Waals surface area contributed by atoms with Crippen molar-refractivity contribution in [3.63, 3.8) is 0 Å². The zero-order valence-corrected chi connectivity index (χ0v) is 12.5. The molecule has 94 valence electrons. The summed E-state index contributed by atoms with van der Waals surface area (Å²) in [5.74, 6) is 0.415. The second-order valence-corrected chi connectivity index (χ2v) is 5.95. The van der Waals surface area contributed by atoms with Crippen molar-refractivity contribution in [3.05, 3.63) is 0 Å². The molecule has 1 aliphatic heterocycles. The highest BCUT2D eigenvalue weighted by Gasteiger charge is 2.36. The number of carbonyl (C=O) groups excluding carboxylic acids is 1. The number of ether oxygens (including phenoxy) is 2. The van der Waals surface area contributed by atoms with Crippen LogP contribution < -0.4 is 0 Å². The minimum atomic E-state index is -0.429. The Labute approximate surface area is 111 Å². The number of likely N-dealkylation sites (tertiary alicyclic amines) is 1. The van der Waals surface area contributed by atoms with Gasteiger partial charge in [-0.25, -0.2) is 4.79 Å². The van der Waals surface area contributed by atoms with Crippen LogP contribution in [0.4, 0.5) is 4.79 Å². The van der Waals surface area contributed by atoms with E-state index in [1.807, 2.05) is 20.8 Å². The van der Waals surface area contributed by atoms with Gasteiger partial charge in [-0.1, -0.05) is 22.6 Å². The van der Waals surface area contributed by atoms with E-state index in [4.69, 9.17) is 9.47 Å². The Hall–Kier alpha value is -0.0400. The van der Waals surface area contributed by atoms with E-state index in [2.05, 4.69) is 22.6 Å². The Morgan fingerprint density at radius 3 is 2.44 bits per heavy atom. The van der Waals surface area contributed by atoms with E-state index in [1.165, 1.54) is 0 Å². The van der Waals surface area contributed by atoms with Crippen molar-refractivity contribution in [1.82, 2.24) is 4.90 Å². The van der Waals surface area contributed by atoms with Gasteiger partial charge in [-0.05, 0) is 20.8 Å².